The Balaban J connectivity index is 0.000000165. The van der Waals surface area contributed by atoms with Gasteiger partial charge < -0.3 is 11.5 Å². The monoisotopic (exact) mass is 224 g/mol. The summed E-state index contributed by atoms with van der Waals surface area (Å²) in [6, 6.07) is 1.72. The molecule has 2 rings (SSSR count). The quantitative estimate of drug-likeness (QED) is 0.556. The molecule has 0 aromatic carbocycles. The summed E-state index contributed by atoms with van der Waals surface area (Å²) < 4.78 is 12.1. The van der Waals surface area contributed by atoms with Crippen molar-refractivity contribution in [3.8, 4) is 0 Å². The number of aromatic amines is 1. The molecule has 5 N–H and O–H groups in total. The van der Waals surface area contributed by atoms with Crippen LogP contribution < -0.4 is 17.2 Å². The van der Waals surface area contributed by atoms with Gasteiger partial charge in [0.05, 0.1) is 6.20 Å². The molecule has 0 radical (unpaired) electrons. The van der Waals surface area contributed by atoms with Crippen LogP contribution in [0.15, 0.2) is 29.5 Å². The molecule has 0 unspecified atom stereocenters. The smallest absolute Gasteiger partial charge is 0.346 e. The number of hydrogen-bond acceptors (Lipinski definition) is 6. The number of anilines is 2. The number of halogens is 1. The van der Waals surface area contributed by atoms with Gasteiger partial charge in [-0.2, -0.15) is 4.98 Å². The van der Waals surface area contributed by atoms with Gasteiger partial charge in [0.2, 0.25) is 5.95 Å². The van der Waals surface area contributed by atoms with E-state index >= 15 is 0 Å². The zero-order valence-electron chi connectivity index (χ0n) is 8.09. The molecule has 0 amide bonds. The molecular formula is C8H9FN6O. The van der Waals surface area contributed by atoms with Crippen molar-refractivity contribution in [3.05, 3.63) is 41.0 Å². The molecule has 0 aliphatic rings. The van der Waals surface area contributed by atoms with Gasteiger partial charge in [-0.3, -0.25) is 4.98 Å². The summed E-state index contributed by atoms with van der Waals surface area (Å²) >= 11 is 0. The Labute approximate surface area is 89.4 Å². The Hall–Kier alpha value is -2.51. The van der Waals surface area contributed by atoms with Crippen LogP contribution in [0.4, 0.5) is 16.2 Å². The minimum Gasteiger partial charge on any atom is -0.383 e. The number of nitrogens with two attached hydrogens (primary N) is 2. The molecular weight excluding hydrogens is 215 g/mol. The molecule has 0 saturated heterocycles. The van der Waals surface area contributed by atoms with Crippen LogP contribution in [-0.2, 0) is 0 Å². The van der Waals surface area contributed by atoms with Crippen molar-refractivity contribution in [2.75, 3.05) is 11.5 Å². The molecule has 0 saturated carbocycles. The van der Waals surface area contributed by atoms with Gasteiger partial charge in [0.25, 0.3) is 0 Å². The van der Waals surface area contributed by atoms with E-state index in [1.54, 1.807) is 18.5 Å². The van der Waals surface area contributed by atoms with Gasteiger partial charge in [-0.25, -0.2) is 19.2 Å². The van der Waals surface area contributed by atoms with Gasteiger partial charge in [-0.15, -0.1) is 0 Å². The van der Waals surface area contributed by atoms with Crippen LogP contribution in [0.2, 0.25) is 0 Å². The maximum atomic E-state index is 12.1. The number of nitrogens with one attached hydrogen (secondary N) is 1. The fourth-order valence-electron chi connectivity index (χ4n) is 0.703. The molecule has 0 spiro atoms. The van der Waals surface area contributed by atoms with Crippen LogP contribution in [0, 0.1) is 5.82 Å². The van der Waals surface area contributed by atoms with Crippen molar-refractivity contribution < 1.29 is 4.39 Å². The van der Waals surface area contributed by atoms with Gasteiger partial charge in [0.15, 0.2) is 5.82 Å². The summed E-state index contributed by atoms with van der Waals surface area (Å²) in [5, 5.41) is 0. The van der Waals surface area contributed by atoms with E-state index in [0.29, 0.717) is 5.95 Å². The third-order valence-corrected chi connectivity index (χ3v) is 1.38. The third kappa shape index (κ3) is 3.70. The normalized spacial score (nSPS) is 9.06. The average Bonchev–Trinajstić information content (AvgIpc) is 2.26. The van der Waals surface area contributed by atoms with Crippen LogP contribution in [0.25, 0.3) is 0 Å². The number of rotatable bonds is 0. The maximum Gasteiger partial charge on any atom is 0.346 e. The fourth-order valence-corrected chi connectivity index (χ4v) is 0.703. The fraction of sp³-hybridized carbons (Fsp3) is 0. The largest absolute Gasteiger partial charge is 0.383 e. The van der Waals surface area contributed by atoms with E-state index in [-0.39, 0.29) is 5.82 Å². The standard InChI is InChI=1S/C4H4FN3O.C4H5N3/c5-2-1-7-4(9)8-3(2)6;5-4-6-2-1-3-7-4/h1H,(H3,6,7,8,9);1-3H,(H2,5,6,7). The number of H-pyrrole nitrogens is 1. The first-order chi connectivity index (χ1) is 7.59. The topological polar surface area (TPSA) is 124 Å². The Morgan fingerprint density at radius 3 is 2.19 bits per heavy atom. The minimum atomic E-state index is -0.713. The molecule has 2 aromatic heterocycles. The molecule has 84 valence electrons. The lowest BCUT2D eigenvalue weighted by Gasteiger charge is -1.89. The summed E-state index contributed by atoms with van der Waals surface area (Å²) in [4.78, 5) is 22.6. The first-order valence-corrected chi connectivity index (χ1v) is 4.12. The van der Waals surface area contributed by atoms with E-state index in [0.717, 1.165) is 6.20 Å². The zero-order chi connectivity index (χ0) is 12.0. The van der Waals surface area contributed by atoms with Crippen molar-refractivity contribution in [3.63, 3.8) is 0 Å². The summed E-state index contributed by atoms with van der Waals surface area (Å²) in [7, 11) is 0. The number of hydrogen-bond donors (Lipinski definition) is 3. The highest BCUT2D eigenvalue weighted by atomic mass is 19.1. The predicted molar refractivity (Wildman–Crippen MR) is 55.7 cm³/mol. The van der Waals surface area contributed by atoms with Crippen LogP contribution in [0.5, 0.6) is 0 Å². The van der Waals surface area contributed by atoms with Crippen LogP contribution in [0.1, 0.15) is 0 Å². The second kappa shape index (κ2) is 5.39. The Morgan fingerprint density at radius 1 is 1.19 bits per heavy atom. The van der Waals surface area contributed by atoms with E-state index in [9.17, 15) is 9.18 Å². The lowest BCUT2D eigenvalue weighted by Crippen LogP contribution is -2.12. The molecule has 7 nitrogen and oxygen atoms in total. The SMILES string of the molecule is Nc1[nH]c(=O)ncc1F.Nc1ncccn1. The lowest BCUT2D eigenvalue weighted by molar-refractivity contribution is 0.617. The van der Waals surface area contributed by atoms with Gasteiger partial charge in [0.1, 0.15) is 5.82 Å². The summed E-state index contributed by atoms with van der Waals surface area (Å²) in [6.45, 7) is 0. The highest BCUT2D eigenvalue weighted by Gasteiger charge is 1.95. The lowest BCUT2D eigenvalue weighted by atomic mass is 10.6. The number of nitrogens with zero attached hydrogens (tertiary/aromatic N) is 3. The van der Waals surface area contributed by atoms with E-state index in [2.05, 4.69) is 15.0 Å². The molecule has 0 fully saturated rings. The zero-order valence-corrected chi connectivity index (χ0v) is 8.09. The molecule has 8 heteroatoms. The summed E-state index contributed by atoms with van der Waals surface area (Å²) in [5.74, 6) is -0.674. The second-order valence-corrected chi connectivity index (χ2v) is 2.56. The number of nitrogen functional groups attached to an aromatic ring is 2. The van der Waals surface area contributed by atoms with Crippen LogP contribution in [0.3, 0.4) is 0 Å². The first kappa shape index (κ1) is 11.6. The van der Waals surface area contributed by atoms with Gasteiger partial charge >= 0.3 is 5.69 Å². The van der Waals surface area contributed by atoms with E-state index < -0.39 is 11.5 Å². The van der Waals surface area contributed by atoms with Crippen molar-refractivity contribution in [1.82, 2.24) is 19.9 Å². The van der Waals surface area contributed by atoms with Gasteiger partial charge in [-0.1, -0.05) is 0 Å². The molecule has 0 atom stereocenters. The van der Waals surface area contributed by atoms with Crippen LogP contribution in [-0.4, -0.2) is 19.9 Å². The Bertz CT molecular complexity index is 499. The van der Waals surface area contributed by atoms with E-state index in [1.165, 1.54) is 0 Å². The molecule has 0 bridgehead atoms. The molecule has 16 heavy (non-hydrogen) atoms. The molecule has 2 aromatic rings. The summed E-state index contributed by atoms with van der Waals surface area (Å²) in [5.41, 5.74) is 9.44. The second-order valence-electron chi connectivity index (χ2n) is 2.56. The maximum absolute atomic E-state index is 12.1. The van der Waals surface area contributed by atoms with Crippen molar-refractivity contribution >= 4 is 11.8 Å². The highest BCUT2D eigenvalue weighted by Crippen LogP contribution is 1.96. The van der Waals surface area contributed by atoms with Crippen molar-refractivity contribution in [2.24, 2.45) is 0 Å². The van der Waals surface area contributed by atoms with Gasteiger partial charge in [0, 0.05) is 12.4 Å². The van der Waals surface area contributed by atoms with Gasteiger partial charge in [-0.05, 0) is 6.07 Å². The predicted octanol–water partition coefficient (Wildman–Crippen LogP) is -0.450. The molecule has 2 heterocycles. The Kier molecular flexibility index (Phi) is 3.90. The van der Waals surface area contributed by atoms with Crippen molar-refractivity contribution in [1.29, 1.82) is 0 Å². The molecule has 0 aliphatic carbocycles. The van der Waals surface area contributed by atoms with Crippen LogP contribution >= 0.6 is 0 Å². The summed E-state index contributed by atoms with van der Waals surface area (Å²) in [6.07, 6.45) is 3.97. The minimum absolute atomic E-state index is 0.282. The highest BCUT2D eigenvalue weighted by molar-refractivity contribution is 5.25. The number of aromatic nitrogens is 4. The first-order valence-electron chi connectivity index (χ1n) is 4.12. The van der Waals surface area contributed by atoms with Crippen molar-refractivity contribution in [2.45, 2.75) is 0 Å². The Morgan fingerprint density at radius 2 is 1.81 bits per heavy atom. The molecule has 0 aliphatic heterocycles. The van der Waals surface area contributed by atoms with E-state index in [4.69, 9.17) is 11.5 Å². The van der Waals surface area contributed by atoms with E-state index in [1.807, 2.05) is 4.98 Å². The third-order valence-electron chi connectivity index (χ3n) is 1.38. The average molecular weight is 224 g/mol.